The van der Waals surface area contributed by atoms with Crippen molar-refractivity contribution in [2.24, 2.45) is 0 Å². The van der Waals surface area contributed by atoms with E-state index in [0.717, 1.165) is 5.69 Å². The monoisotopic (exact) mass is 224 g/mol. The van der Waals surface area contributed by atoms with E-state index >= 15 is 0 Å². The number of carbonyl (C=O) groups is 1. The third-order valence-corrected chi connectivity index (χ3v) is 2.20. The minimum atomic E-state index is -0.466. The lowest BCUT2D eigenvalue weighted by atomic mass is 10.5. The van der Waals surface area contributed by atoms with E-state index in [1.54, 1.807) is 18.5 Å². The summed E-state index contributed by atoms with van der Waals surface area (Å²) in [7, 11) is 0. The molecular formula is C8H8N4O2S. The van der Waals surface area contributed by atoms with Gasteiger partial charge in [-0.3, -0.25) is 0 Å². The van der Waals surface area contributed by atoms with Crippen molar-refractivity contribution in [2.75, 3.05) is 6.61 Å². The Labute approximate surface area is 89.7 Å². The molecule has 0 saturated carbocycles. The highest BCUT2D eigenvalue weighted by molar-refractivity contribution is 7.03. The number of hydrogen-bond donors (Lipinski definition) is 0. The second kappa shape index (κ2) is 4.18. The van der Waals surface area contributed by atoms with Crippen LogP contribution in [0.25, 0.3) is 5.69 Å². The molecule has 0 aromatic carbocycles. The number of ether oxygens (including phenoxy) is 1. The third-order valence-electron chi connectivity index (χ3n) is 1.63. The maximum absolute atomic E-state index is 11.3. The Hall–Kier alpha value is -1.76. The van der Waals surface area contributed by atoms with Gasteiger partial charge in [-0.15, -0.1) is 9.90 Å². The minimum Gasteiger partial charge on any atom is -0.461 e. The quantitative estimate of drug-likeness (QED) is 0.724. The van der Waals surface area contributed by atoms with Gasteiger partial charge in [0.15, 0.2) is 5.69 Å². The highest BCUT2D eigenvalue weighted by Gasteiger charge is 2.12. The van der Waals surface area contributed by atoms with Crippen molar-refractivity contribution < 1.29 is 9.53 Å². The average molecular weight is 224 g/mol. The van der Waals surface area contributed by atoms with Crippen LogP contribution in [-0.4, -0.2) is 31.9 Å². The van der Waals surface area contributed by atoms with Crippen molar-refractivity contribution in [2.45, 2.75) is 6.92 Å². The molecule has 0 atom stereocenters. The second-order valence-corrected chi connectivity index (χ2v) is 3.28. The molecule has 0 radical (unpaired) electrons. The smallest absolute Gasteiger partial charge is 0.360 e. The summed E-state index contributed by atoms with van der Waals surface area (Å²) >= 11 is 1.30. The molecule has 0 spiro atoms. The fourth-order valence-electron chi connectivity index (χ4n) is 0.984. The zero-order valence-corrected chi connectivity index (χ0v) is 8.77. The van der Waals surface area contributed by atoms with Crippen molar-refractivity contribution in [3.05, 3.63) is 23.5 Å². The Morgan fingerprint density at radius 1 is 1.60 bits per heavy atom. The molecule has 0 bridgehead atoms. The summed E-state index contributed by atoms with van der Waals surface area (Å²) in [5.74, 6) is -0.466. The zero-order chi connectivity index (χ0) is 10.7. The van der Waals surface area contributed by atoms with Crippen LogP contribution in [0.2, 0.25) is 0 Å². The normalized spacial score (nSPS) is 10.2. The first-order valence-electron chi connectivity index (χ1n) is 4.30. The number of esters is 1. The summed E-state index contributed by atoms with van der Waals surface area (Å²) in [5, 5.41) is 9.69. The molecule has 2 aromatic rings. The second-order valence-electron chi connectivity index (χ2n) is 2.62. The van der Waals surface area contributed by atoms with E-state index in [0.29, 0.717) is 6.61 Å². The fraction of sp³-hybridized carbons (Fsp3) is 0.250. The van der Waals surface area contributed by atoms with Gasteiger partial charge in [0, 0.05) is 5.38 Å². The maximum atomic E-state index is 11.3. The third kappa shape index (κ3) is 2.01. The molecule has 0 aliphatic heterocycles. The van der Waals surface area contributed by atoms with Gasteiger partial charge in [-0.2, -0.15) is 9.47 Å². The van der Waals surface area contributed by atoms with E-state index in [2.05, 4.69) is 14.6 Å². The van der Waals surface area contributed by atoms with Gasteiger partial charge >= 0.3 is 5.97 Å². The molecule has 0 saturated heterocycles. The molecule has 0 amide bonds. The van der Waals surface area contributed by atoms with Crippen LogP contribution in [-0.2, 0) is 4.74 Å². The van der Waals surface area contributed by atoms with Crippen molar-refractivity contribution >= 4 is 17.5 Å². The Bertz CT molecular complexity index is 451. The minimum absolute atomic E-state index is 0.197. The molecule has 0 unspecified atom stereocenters. The molecule has 7 heteroatoms. The van der Waals surface area contributed by atoms with Gasteiger partial charge in [0.2, 0.25) is 0 Å². The highest BCUT2D eigenvalue weighted by atomic mass is 32.1. The van der Waals surface area contributed by atoms with Crippen molar-refractivity contribution in [1.82, 2.24) is 19.4 Å². The molecule has 0 fully saturated rings. The van der Waals surface area contributed by atoms with Gasteiger partial charge in [-0.05, 0) is 18.5 Å². The van der Waals surface area contributed by atoms with Crippen LogP contribution >= 0.6 is 11.5 Å². The van der Waals surface area contributed by atoms with E-state index < -0.39 is 5.97 Å². The molecule has 15 heavy (non-hydrogen) atoms. The molecule has 0 aliphatic carbocycles. The van der Waals surface area contributed by atoms with Crippen LogP contribution in [0.4, 0.5) is 0 Å². The number of hydrogen-bond acceptors (Lipinski definition) is 6. The lowest BCUT2D eigenvalue weighted by Crippen LogP contribution is -2.06. The predicted molar refractivity (Wildman–Crippen MR) is 53.0 cm³/mol. The van der Waals surface area contributed by atoms with Crippen LogP contribution in [0.5, 0.6) is 0 Å². The van der Waals surface area contributed by atoms with Crippen LogP contribution in [0.3, 0.4) is 0 Å². The molecular weight excluding hydrogens is 216 g/mol. The van der Waals surface area contributed by atoms with Crippen molar-refractivity contribution in [3.63, 3.8) is 0 Å². The summed E-state index contributed by atoms with van der Waals surface area (Å²) in [6, 6.07) is 0. The van der Waals surface area contributed by atoms with Gasteiger partial charge < -0.3 is 4.74 Å². The van der Waals surface area contributed by atoms with Crippen LogP contribution in [0.1, 0.15) is 17.4 Å². The molecule has 2 aromatic heterocycles. The van der Waals surface area contributed by atoms with Gasteiger partial charge in [-0.25, -0.2) is 4.79 Å². The molecule has 6 nitrogen and oxygen atoms in total. The van der Waals surface area contributed by atoms with E-state index in [9.17, 15) is 4.79 Å². The Balaban J connectivity index is 2.21. The van der Waals surface area contributed by atoms with Crippen LogP contribution in [0, 0.1) is 0 Å². The van der Waals surface area contributed by atoms with Crippen molar-refractivity contribution in [3.8, 4) is 5.69 Å². The maximum Gasteiger partial charge on any atom is 0.360 e. The number of carbonyl (C=O) groups excluding carboxylic acids is 1. The van der Waals surface area contributed by atoms with Crippen LogP contribution in [0.15, 0.2) is 17.8 Å². The number of rotatable bonds is 3. The first-order chi connectivity index (χ1) is 7.31. The zero-order valence-electron chi connectivity index (χ0n) is 7.95. The number of nitrogens with zero attached hydrogens (tertiary/aromatic N) is 4. The van der Waals surface area contributed by atoms with E-state index in [4.69, 9.17) is 4.74 Å². The standard InChI is InChI=1S/C8H8N4O2S/c1-2-14-8(13)7-4-9-12(11-7)6-3-10-15-5-6/h3-5H,2H2,1H3. The Morgan fingerprint density at radius 2 is 2.47 bits per heavy atom. The lowest BCUT2D eigenvalue weighted by molar-refractivity contribution is 0.0519. The molecule has 0 aliphatic rings. The summed E-state index contributed by atoms with van der Waals surface area (Å²) in [6.07, 6.45) is 3.00. The summed E-state index contributed by atoms with van der Waals surface area (Å²) in [4.78, 5) is 12.6. The Kier molecular flexibility index (Phi) is 2.72. The molecule has 2 heterocycles. The van der Waals surface area contributed by atoms with E-state index in [1.807, 2.05) is 0 Å². The van der Waals surface area contributed by atoms with Gasteiger partial charge in [0.25, 0.3) is 0 Å². The largest absolute Gasteiger partial charge is 0.461 e. The highest BCUT2D eigenvalue weighted by Crippen LogP contribution is 2.06. The summed E-state index contributed by atoms with van der Waals surface area (Å²) in [6.45, 7) is 2.07. The fourth-order valence-corrected chi connectivity index (χ4v) is 1.48. The molecule has 0 N–H and O–H groups in total. The van der Waals surface area contributed by atoms with E-state index in [1.165, 1.54) is 22.5 Å². The van der Waals surface area contributed by atoms with Crippen molar-refractivity contribution in [1.29, 1.82) is 0 Å². The SMILES string of the molecule is CCOC(=O)c1cnn(-c2cnsc2)n1. The predicted octanol–water partition coefficient (Wildman–Crippen LogP) is 0.900. The van der Waals surface area contributed by atoms with E-state index in [-0.39, 0.29) is 5.69 Å². The van der Waals surface area contributed by atoms with Gasteiger partial charge in [-0.1, -0.05) is 0 Å². The Morgan fingerprint density at radius 3 is 3.13 bits per heavy atom. The first kappa shape index (κ1) is 9.78. The van der Waals surface area contributed by atoms with Gasteiger partial charge in [0.05, 0.1) is 19.0 Å². The summed E-state index contributed by atoms with van der Waals surface area (Å²) < 4.78 is 8.70. The van der Waals surface area contributed by atoms with Gasteiger partial charge in [0.1, 0.15) is 5.69 Å². The average Bonchev–Trinajstić information content (AvgIpc) is 2.89. The topological polar surface area (TPSA) is 69.9 Å². The van der Waals surface area contributed by atoms with Crippen LogP contribution < -0.4 is 0 Å². The molecule has 78 valence electrons. The molecule has 2 rings (SSSR count). The summed E-state index contributed by atoms with van der Waals surface area (Å²) in [5.41, 5.74) is 0.929. The number of aromatic nitrogens is 4. The lowest BCUT2D eigenvalue weighted by Gasteiger charge is -1.95. The first-order valence-corrected chi connectivity index (χ1v) is 5.14.